The number of carbonyl (C=O) groups is 1. The van der Waals surface area contributed by atoms with Crippen molar-refractivity contribution in [1.82, 2.24) is 10.5 Å². The Hall–Kier alpha value is -1.70. The summed E-state index contributed by atoms with van der Waals surface area (Å²) in [4.78, 5) is 12.2. The highest BCUT2D eigenvalue weighted by atomic mass is 32.1. The molecule has 3 heterocycles. The average Bonchev–Trinajstić information content (AvgIpc) is 3.18. The van der Waals surface area contributed by atoms with Crippen LogP contribution in [0.4, 0.5) is 0 Å². The summed E-state index contributed by atoms with van der Waals surface area (Å²) in [6.45, 7) is 5.30. The van der Waals surface area contributed by atoms with Crippen molar-refractivity contribution >= 4 is 17.2 Å². The zero-order valence-electron chi connectivity index (χ0n) is 13.2. The molecule has 1 N–H and O–H groups in total. The minimum absolute atomic E-state index is 0.0833. The molecule has 1 aliphatic rings. The van der Waals surface area contributed by atoms with Crippen molar-refractivity contribution in [2.75, 3.05) is 13.2 Å². The van der Waals surface area contributed by atoms with Crippen molar-refractivity contribution in [2.24, 2.45) is 0 Å². The van der Waals surface area contributed by atoms with E-state index in [4.69, 9.17) is 14.0 Å². The summed E-state index contributed by atoms with van der Waals surface area (Å²) in [5.41, 5.74) is 2.48. The van der Waals surface area contributed by atoms with E-state index in [1.165, 1.54) is 11.3 Å². The van der Waals surface area contributed by atoms with Crippen molar-refractivity contribution in [3.8, 4) is 0 Å². The fourth-order valence-electron chi connectivity index (χ4n) is 2.60. The van der Waals surface area contributed by atoms with Crippen molar-refractivity contribution in [2.45, 2.75) is 39.0 Å². The van der Waals surface area contributed by atoms with Gasteiger partial charge in [-0.1, -0.05) is 5.16 Å². The Balaban J connectivity index is 1.61. The molecule has 7 heteroatoms. The second kappa shape index (κ2) is 7.25. The summed E-state index contributed by atoms with van der Waals surface area (Å²) in [7, 11) is 0. The lowest BCUT2D eigenvalue weighted by atomic mass is 10.1. The summed E-state index contributed by atoms with van der Waals surface area (Å²) in [5, 5.41) is 10.7. The lowest BCUT2D eigenvalue weighted by Gasteiger charge is -2.32. The van der Waals surface area contributed by atoms with E-state index in [1.807, 2.05) is 30.7 Å². The third-order valence-electron chi connectivity index (χ3n) is 4.02. The van der Waals surface area contributed by atoms with E-state index < -0.39 is 0 Å². The molecular weight excluding hydrogens is 316 g/mol. The molecule has 0 aliphatic carbocycles. The molecule has 0 bridgehead atoms. The predicted molar refractivity (Wildman–Crippen MR) is 85.6 cm³/mol. The Kier molecular flexibility index (Phi) is 5.09. The third kappa shape index (κ3) is 3.80. The first-order chi connectivity index (χ1) is 11.1. The fourth-order valence-corrected chi connectivity index (χ4v) is 3.23. The largest absolute Gasteiger partial charge is 0.379 e. The smallest absolute Gasteiger partial charge is 0.252 e. The van der Waals surface area contributed by atoms with Gasteiger partial charge in [0.25, 0.3) is 5.91 Å². The highest BCUT2D eigenvalue weighted by molar-refractivity contribution is 7.08. The Bertz CT molecular complexity index is 634. The van der Waals surface area contributed by atoms with Gasteiger partial charge in [0.1, 0.15) is 5.76 Å². The van der Waals surface area contributed by atoms with Gasteiger partial charge in [0.05, 0.1) is 31.1 Å². The summed E-state index contributed by atoms with van der Waals surface area (Å²) in [6, 6.07) is 1.65. The van der Waals surface area contributed by atoms with Crippen LogP contribution >= 0.6 is 11.3 Å². The van der Waals surface area contributed by atoms with Gasteiger partial charge in [-0.3, -0.25) is 4.79 Å². The van der Waals surface area contributed by atoms with Crippen molar-refractivity contribution in [1.29, 1.82) is 0 Å². The van der Waals surface area contributed by atoms with Gasteiger partial charge in [-0.15, -0.1) is 0 Å². The summed E-state index contributed by atoms with van der Waals surface area (Å²) >= 11 is 1.50. The van der Waals surface area contributed by atoms with E-state index in [2.05, 4.69) is 10.5 Å². The topological polar surface area (TPSA) is 73.6 Å². The standard InChI is InChI=1S/C16H20N2O4S/c1-10-13(11(2)22-18-10)7-21-15-3-5-20-8-14(15)17-16(19)12-4-6-23-9-12/h4,6,9,14-15H,3,5,7-8H2,1-2H3,(H,17,19)/t14-,15+/m1/s1. The van der Waals surface area contributed by atoms with Gasteiger partial charge >= 0.3 is 0 Å². The maximum atomic E-state index is 12.2. The van der Waals surface area contributed by atoms with Gasteiger partial charge in [0, 0.05) is 23.1 Å². The Morgan fingerprint density at radius 2 is 2.39 bits per heavy atom. The number of rotatable bonds is 5. The molecular formula is C16H20N2O4S. The van der Waals surface area contributed by atoms with E-state index >= 15 is 0 Å². The van der Waals surface area contributed by atoms with Crippen LogP contribution in [0.2, 0.25) is 0 Å². The molecule has 23 heavy (non-hydrogen) atoms. The number of hydrogen-bond acceptors (Lipinski definition) is 6. The fraction of sp³-hybridized carbons (Fsp3) is 0.500. The van der Waals surface area contributed by atoms with Gasteiger partial charge in [-0.05, 0) is 31.7 Å². The number of nitrogens with zero attached hydrogens (tertiary/aromatic N) is 1. The highest BCUT2D eigenvalue weighted by Crippen LogP contribution is 2.19. The number of ether oxygens (including phenoxy) is 2. The normalized spacial score (nSPS) is 21.3. The van der Waals surface area contributed by atoms with Crippen molar-refractivity contribution in [3.05, 3.63) is 39.4 Å². The first-order valence-electron chi connectivity index (χ1n) is 7.59. The lowest BCUT2D eigenvalue weighted by Crippen LogP contribution is -2.50. The minimum Gasteiger partial charge on any atom is -0.379 e. The van der Waals surface area contributed by atoms with Crippen molar-refractivity contribution < 1.29 is 18.8 Å². The van der Waals surface area contributed by atoms with Crippen LogP contribution in [0.5, 0.6) is 0 Å². The molecule has 1 fully saturated rings. The highest BCUT2D eigenvalue weighted by Gasteiger charge is 2.29. The van der Waals surface area contributed by atoms with E-state index in [0.717, 1.165) is 23.4 Å². The van der Waals surface area contributed by atoms with Crippen molar-refractivity contribution in [3.63, 3.8) is 0 Å². The molecule has 0 aromatic carbocycles. The summed E-state index contributed by atoms with van der Waals surface area (Å²) < 4.78 is 16.7. The average molecular weight is 336 g/mol. The van der Waals surface area contributed by atoms with E-state index in [1.54, 1.807) is 0 Å². The molecule has 0 radical (unpaired) electrons. The van der Waals surface area contributed by atoms with E-state index in [0.29, 0.717) is 25.4 Å². The van der Waals surface area contributed by atoms with Crippen LogP contribution < -0.4 is 5.32 Å². The number of aryl methyl sites for hydroxylation is 2. The Morgan fingerprint density at radius 3 is 3.09 bits per heavy atom. The number of hydrogen-bond donors (Lipinski definition) is 1. The molecule has 1 saturated heterocycles. The Morgan fingerprint density at radius 1 is 1.52 bits per heavy atom. The first-order valence-corrected chi connectivity index (χ1v) is 8.53. The van der Waals surface area contributed by atoms with E-state index in [9.17, 15) is 4.79 Å². The molecule has 0 spiro atoms. The van der Waals surface area contributed by atoms with Gasteiger partial charge in [-0.2, -0.15) is 11.3 Å². The SMILES string of the molecule is Cc1noc(C)c1CO[C@H]1CCOC[C@H]1NC(=O)c1ccsc1. The third-order valence-corrected chi connectivity index (χ3v) is 4.70. The molecule has 1 aliphatic heterocycles. The van der Waals surface area contributed by atoms with Gasteiger partial charge in [0.2, 0.25) is 0 Å². The zero-order valence-corrected chi connectivity index (χ0v) is 14.0. The first kappa shape index (κ1) is 16.2. The molecule has 1 amide bonds. The minimum atomic E-state index is -0.156. The van der Waals surface area contributed by atoms with Crippen LogP contribution in [0.25, 0.3) is 0 Å². The molecule has 6 nitrogen and oxygen atoms in total. The van der Waals surface area contributed by atoms with E-state index in [-0.39, 0.29) is 18.1 Å². The molecule has 3 rings (SSSR count). The maximum Gasteiger partial charge on any atom is 0.252 e. The van der Waals surface area contributed by atoms with Crippen LogP contribution in [0.1, 0.15) is 33.8 Å². The van der Waals surface area contributed by atoms with Gasteiger partial charge < -0.3 is 19.3 Å². The van der Waals surface area contributed by atoms with Gasteiger partial charge in [-0.25, -0.2) is 0 Å². The van der Waals surface area contributed by atoms with Crippen LogP contribution in [-0.2, 0) is 16.1 Å². The maximum absolute atomic E-state index is 12.2. The second-order valence-corrected chi connectivity index (χ2v) is 6.39. The van der Waals surface area contributed by atoms with Crippen LogP contribution in [0.3, 0.4) is 0 Å². The molecule has 124 valence electrons. The number of carbonyl (C=O) groups excluding carboxylic acids is 1. The second-order valence-electron chi connectivity index (χ2n) is 5.61. The summed E-state index contributed by atoms with van der Waals surface area (Å²) in [6.07, 6.45) is 0.665. The predicted octanol–water partition coefficient (Wildman–Crippen LogP) is 2.46. The quantitative estimate of drug-likeness (QED) is 0.908. The lowest BCUT2D eigenvalue weighted by molar-refractivity contribution is -0.0608. The molecule has 0 unspecified atom stereocenters. The summed E-state index contributed by atoms with van der Waals surface area (Å²) in [5.74, 6) is 0.682. The Labute approximate surface area is 138 Å². The zero-order chi connectivity index (χ0) is 16.2. The number of nitrogens with one attached hydrogen (secondary N) is 1. The molecule has 2 atom stereocenters. The number of thiophene rings is 1. The van der Waals surface area contributed by atoms with Gasteiger partial charge in [0.15, 0.2) is 0 Å². The molecule has 2 aromatic heterocycles. The van der Waals surface area contributed by atoms with Crippen LogP contribution in [-0.4, -0.2) is 36.4 Å². The molecule has 0 saturated carbocycles. The van der Waals surface area contributed by atoms with Crippen LogP contribution in [0, 0.1) is 13.8 Å². The number of aromatic nitrogens is 1. The number of amides is 1. The molecule has 2 aromatic rings. The monoisotopic (exact) mass is 336 g/mol. The van der Waals surface area contributed by atoms with Crippen LogP contribution in [0.15, 0.2) is 21.3 Å².